The number of nitrogen functional groups attached to an aromatic ring is 1. The molecule has 0 aliphatic heterocycles. The van der Waals surface area contributed by atoms with Crippen LogP contribution >= 0.6 is 0 Å². The SMILES string of the molecule is Cc1[nH]c2ncc(N)cc2c1C. The predicted molar refractivity (Wildman–Crippen MR) is 50.0 cm³/mol. The minimum Gasteiger partial charge on any atom is -0.397 e. The highest BCUT2D eigenvalue weighted by molar-refractivity contribution is 5.83. The monoisotopic (exact) mass is 161 g/mol. The van der Waals surface area contributed by atoms with E-state index in [0.717, 1.165) is 16.7 Å². The summed E-state index contributed by atoms with van der Waals surface area (Å²) in [5.41, 5.74) is 9.64. The van der Waals surface area contributed by atoms with Crippen LogP contribution in [0.3, 0.4) is 0 Å². The van der Waals surface area contributed by atoms with Gasteiger partial charge in [-0.1, -0.05) is 0 Å². The zero-order chi connectivity index (χ0) is 8.72. The molecular weight excluding hydrogens is 150 g/mol. The Hall–Kier alpha value is -1.51. The van der Waals surface area contributed by atoms with Crippen LogP contribution < -0.4 is 5.73 Å². The summed E-state index contributed by atoms with van der Waals surface area (Å²) in [6.07, 6.45) is 1.66. The molecule has 0 spiro atoms. The molecule has 2 aromatic rings. The van der Waals surface area contributed by atoms with E-state index in [1.165, 1.54) is 5.56 Å². The minimum atomic E-state index is 0.713. The largest absolute Gasteiger partial charge is 0.397 e. The van der Waals surface area contributed by atoms with Crippen molar-refractivity contribution in [3.05, 3.63) is 23.5 Å². The van der Waals surface area contributed by atoms with Crippen molar-refractivity contribution in [2.75, 3.05) is 5.73 Å². The fourth-order valence-electron chi connectivity index (χ4n) is 1.34. The van der Waals surface area contributed by atoms with Crippen molar-refractivity contribution in [3.63, 3.8) is 0 Å². The molecule has 0 aromatic carbocycles. The maximum absolute atomic E-state index is 5.63. The van der Waals surface area contributed by atoms with Crippen molar-refractivity contribution in [1.29, 1.82) is 0 Å². The first-order valence-corrected chi connectivity index (χ1v) is 3.89. The molecule has 3 N–H and O–H groups in total. The third-order valence-electron chi connectivity index (χ3n) is 2.18. The van der Waals surface area contributed by atoms with Gasteiger partial charge in [0, 0.05) is 11.1 Å². The summed E-state index contributed by atoms with van der Waals surface area (Å²) in [5.74, 6) is 0. The van der Waals surface area contributed by atoms with E-state index in [4.69, 9.17) is 5.73 Å². The van der Waals surface area contributed by atoms with Gasteiger partial charge in [0.05, 0.1) is 11.9 Å². The molecule has 0 unspecified atom stereocenters. The van der Waals surface area contributed by atoms with E-state index in [1.54, 1.807) is 6.20 Å². The molecule has 2 rings (SSSR count). The van der Waals surface area contributed by atoms with Crippen LogP contribution in [0.4, 0.5) is 5.69 Å². The summed E-state index contributed by atoms with van der Waals surface area (Å²) < 4.78 is 0. The number of aromatic nitrogens is 2. The van der Waals surface area contributed by atoms with Crippen LogP contribution in [0.2, 0.25) is 0 Å². The topological polar surface area (TPSA) is 54.7 Å². The van der Waals surface area contributed by atoms with Crippen molar-refractivity contribution >= 4 is 16.7 Å². The number of nitrogens with one attached hydrogen (secondary N) is 1. The Balaban J connectivity index is 2.88. The fourth-order valence-corrected chi connectivity index (χ4v) is 1.34. The molecule has 0 radical (unpaired) electrons. The van der Waals surface area contributed by atoms with E-state index in [0.29, 0.717) is 5.69 Å². The van der Waals surface area contributed by atoms with E-state index >= 15 is 0 Å². The number of aryl methyl sites for hydroxylation is 2. The summed E-state index contributed by atoms with van der Waals surface area (Å²) in [7, 11) is 0. The number of anilines is 1. The molecule has 0 bridgehead atoms. The van der Waals surface area contributed by atoms with Crippen LogP contribution in [0.1, 0.15) is 11.3 Å². The molecule has 2 aromatic heterocycles. The van der Waals surface area contributed by atoms with Gasteiger partial charge in [0.15, 0.2) is 0 Å². The fraction of sp³-hybridized carbons (Fsp3) is 0.222. The molecule has 12 heavy (non-hydrogen) atoms. The molecule has 0 aliphatic rings. The standard InChI is InChI=1S/C9H11N3/c1-5-6(2)12-9-8(5)3-7(10)4-11-9/h3-4H,10H2,1-2H3,(H,11,12). The summed E-state index contributed by atoms with van der Waals surface area (Å²) in [6.45, 7) is 4.10. The van der Waals surface area contributed by atoms with Gasteiger partial charge in [-0.3, -0.25) is 0 Å². The highest BCUT2D eigenvalue weighted by atomic mass is 14.9. The van der Waals surface area contributed by atoms with Gasteiger partial charge in [-0.15, -0.1) is 0 Å². The lowest BCUT2D eigenvalue weighted by Crippen LogP contribution is -1.85. The number of nitrogens with two attached hydrogens (primary N) is 1. The van der Waals surface area contributed by atoms with Gasteiger partial charge in [-0.25, -0.2) is 4.98 Å². The average Bonchev–Trinajstić information content (AvgIpc) is 2.31. The normalized spacial score (nSPS) is 10.8. The van der Waals surface area contributed by atoms with E-state index in [9.17, 15) is 0 Å². The number of fused-ring (bicyclic) bond motifs is 1. The molecule has 0 amide bonds. The van der Waals surface area contributed by atoms with Gasteiger partial charge in [0.2, 0.25) is 0 Å². The van der Waals surface area contributed by atoms with E-state index in [-0.39, 0.29) is 0 Å². The summed E-state index contributed by atoms with van der Waals surface area (Å²) in [4.78, 5) is 7.37. The van der Waals surface area contributed by atoms with Gasteiger partial charge < -0.3 is 10.7 Å². The summed E-state index contributed by atoms with van der Waals surface area (Å²) in [5, 5.41) is 1.12. The van der Waals surface area contributed by atoms with Crippen LogP contribution in [0.5, 0.6) is 0 Å². The molecule has 0 atom stereocenters. The zero-order valence-corrected chi connectivity index (χ0v) is 7.18. The lowest BCUT2D eigenvalue weighted by Gasteiger charge is -1.92. The van der Waals surface area contributed by atoms with Crippen molar-refractivity contribution in [2.24, 2.45) is 0 Å². The summed E-state index contributed by atoms with van der Waals surface area (Å²) >= 11 is 0. The van der Waals surface area contributed by atoms with Crippen LogP contribution in [-0.2, 0) is 0 Å². The third kappa shape index (κ3) is 0.863. The Bertz CT molecular complexity index is 429. The van der Waals surface area contributed by atoms with Gasteiger partial charge in [0.25, 0.3) is 0 Å². The molecule has 0 fully saturated rings. The molecule has 0 aliphatic carbocycles. The van der Waals surface area contributed by atoms with E-state index in [1.807, 2.05) is 13.0 Å². The Labute approximate surface area is 70.6 Å². The number of rotatable bonds is 0. The van der Waals surface area contributed by atoms with Gasteiger partial charge >= 0.3 is 0 Å². The predicted octanol–water partition coefficient (Wildman–Crippen LogP) is 1.76. The highest BCUT2D eigenvalue weighted by Gasteiger charge is 2.04. The lowest BCUT2D eigenvalue weighted by molar-refractivity contribution is 1.22. The Morgan fingerprint density at radius 2 is 2.17 bits per heavy atom. The van der Waals surface area contributed by atoms with Crippen LogP contribution in [-0.4, -0.2) is 9.97 Å². The lowest BCUT2D eigenvalue weighted by atomic mass is 10.2. The molecule has 3 heteroatoms. The molecule has 0 saturated heterocycles. The third-order valence-corrected chi connectivity index (χ3v) is 2.18. The Morgan fingerprint density at radius 3 is 2.92 bits per heavy atom. The van der Waals surface area contributed by atoms with Crippen molar-refractivity contribution in [1.82, 2.24) is 9.97 Å². The number of nitrogens with zero attached hydrogens (tertiary/aromatic N) is 1. The molecule has 3 nitrogen and oxygen atoms in total. The van der Waals surface area contributed by atoms with Gasteiger partial charge in [-0.2, -0.15) is 0 Å². The highest BCUT2D eigenvalue weighted by Crippen LogP contribution is 2.20. The molecular formula is C9H11N3. The number of hydrogen-bond donors (Lipinski definition) is 2. The smallest absolute Gasteiger partial charge is 0.137 e. The first-order valence-electron chi connectivity index (χ1n) is 3.89. The second-order valence-electron chi connectivity index (χ2n) is 3.04. The zero-order valence-electron chi connectivity index (χ0n) is 7.18. The second kappa shape index (κ2) is 2.24. The molecule has 62 valence electrons. The number of hydrogen-bond acceptors (Lipinski definition) is 2. The Kier molecular flexibility index (Phi) is 1.33. The molecule has 2 heterocycles. The van der Waals surface area contributed by atoms with Crippen molar-refractivity contribution < 1.29 is 0 Å². The maximum atomic E-state index is 5.63. The first kappa shape index (κ1) is 7.16. The van der Waals surface area contributed by atoms with Crippen molar-refractivity contribution in [3.8, 4) is 0 Å². The van der Waals surface area contributed by atoms with Crippen molar-refractivity contribution in [2.45, 2.75) is 13.8 Å². The van der Waals surface area contributed by atoms with Crippen LogP contribution in [0, 0.1) is 13.8 Å². The average molecular weight is 161 g/mol. The van der Waals surface area contributed by atoms with Crippen LogP contribution in [0.15, 0.2) is 12.3 Å². The number of aromatic amines is 1. The maximum Gasteiger partial charge on any atom is 0.137 e. The number of H-pyrrole nitrogens is 1. The van der Waals surface area contributed by atoms with E-state index in [2.05, 4.69) is 16.9 Å². The molecule has 0 saturated carbocycles. The summed E-state index contributed by atoms with van der Waals surface area (Å²) in [6, 6.07) is 1.95. The minimum absolute atomic E-state index is 0.713. The van der Waals surface area contributed by atoms with E-state index < -0.39 is 0 Å². The first-order chi connectivity index (χ1) is 5.68. The van der Waals surface area contributed by atoms with Gasteiger partial charge in [-0.05, 0) is 25.5 Å². The number of pyridine rings is 1. The second-order valence-corrected chi connectivity index (χ2v) is 3.04. The van der Waals surface area contributed by atoms with Crippen LogP contribution in [0.25, 0.3) is 11.0 Å². The van der Waals surface area contributed by atoms with Gasteiger partial charge in [0.1, 0.15) is 5.65 Å². The Morgan fingerprint density at radius 1 is 1.42 bits per heavy atom. The quantitative estimate of drug-likeness (QED) is 0.618.